The van der Waals surface area contributed by atoms with E-state index in [1.165, 1.54) is 10.9 Å². The molecule has 1 nitrogen and oxygen atoms in total. The van der Waals surface area contributed by atoms with Crippen LogP contribution in [0.4, 0.5) is 4.39 Å². The largest absolute Gasteiger partial charge is 0.313 e. The van der Waals surface area contributed by atoms with Crippen LogP contribution in [-0.2, 0) is 6.42 Å². The number of rotatable bonds is 2. The molecule has 2 aromatic carbocycles. The van der Waals surface area contributed by atoms with Crippen LogP contribution in [0.5, 0.6) is 0 Å². The van der Waals surface area contributed by atoms with Crippen molar-refractivity contribution in [2.45, 2.75) is 13.3 Å². The highest BCUT2D eigenvalue weighted by Gasteiger charge is 2.12. The van der Waals surface area contributed by atoms with Gasteiger partial charge in [0.25, 0.3) is 0 Å². The van der Waals surface area contributed by atoms with Crippen molar-refractivity contribution in [1.29, 1.82) is 0 Å². The van der Waals surface area contributed by atoms with E-state index in [4.69, 9.17) is 0 Å². The Morgan fingerprint density at radius 1 is 1.05 bits per heavy atom. The van der Waals surface area contributed by atoms with Gasteiger partial charge in [0.1, 0.15) is 5.82 Å². The maximum Gasteiger partial charge on any atom is 0.124 e. The minimum atomic E-state index is -0.191. The fraction of sp³-hybridized carbons (Fsp3) is 0.100. The van der Waals surface area contributed by atoms with Crippen LogP contribution in [0.2, 0.25) is 0 Å². The minimum Gasteiger partial charge on any atom is -0.313 e. The van der Waals surface area contributed by atoms with E-state index in [1.54, 1.807) is 12.1 Å². The molecule has 4 aromatic rings. The van der Waals surface area contributed by atoms with Crippen molar-refractivity contribution >= 4 is 27.2 Å². The third-order valence-corrected chi connectivity index (χ3v) is 4.26. The fourth-order valence-corrected chi connectivity index (χ4v) is 3.44. The first kappa shape index (κ1) is 13.1. The average Bonchev–Trinajstić information content (AvgIpc) is 2.86. The molecular weight excluding hydrogens is 273 g/mol. The number of aromatic nitrogens is 1. The third kappa shape index (κ3) is 1.77. The van der Waals surface area contributed by atoms with Gasteiger partial charge in [-0.3, -0.25) is 0 Å². The van der Waals surface area contributed by atoms with Crippen molar-refractivity contribution in [3.8, 4) is 0 Å². The lowest BCUT2D eigenvalue weighted by Crippen LogP contribution is -1.95. The van der Waals surface area contributed by atoms with E-state index < -0.39 is 0 Å². The molecule has 108 valence electrons. The number of allylic oxidation sites excluding steroid dienone is 1. The number of pyridine rings is 1. The second-order valence-corrected chi connectivity index (χ2v) is 5.73. The smallest absolute Gasteiger partial charge is 0.124 e. The lowest BCUT2D eigenvalue weighted by atomic mass is 10.0. The highest BCUT2D eigenvalue weighted by Crippen LogP contribution is 2.32. The maximum atomic E-state index is 13.9. The Kier molecular flexibility index (Phi) is 2.80. The zero-order chi connectivity index (χ0) is 15.3. The van der Waals surface area contributed by atoms with Gasteiger partial charge >= 0.3 is 0 Å². The molecule has 0 aliphatic rings. The number of fused-ring (bicyclic) bond motifs is 5. The van der Waals surface area contributed by atoms with Gasteiger partial charge in [-0.2, -0.15) is 0 Å². The number of hydrogen-bond acceptors (Lipinski definition) is 0. The van der Waals surface area contributed by atoms with Crippen molar-refractivity contribution in [1.82, 2.24) is 4.40 Å². The van der Waals surface area contributed by atoms with Gasteiger partial charge in [0.15, 0.2) is 0 Å². The first-order valence-corrected chi connectivity index (χ1v) is 7.42. The quantitative estimate of drug-likeness (QED) is 0.434. The Labute approximate surface area is 128 Å². The lowest BCUT2D eigenvalue weighted by Gasteiger charge is -2.11. The predicted octanol–water partition coefficient (Wildman–Crippen LogP) is 5.42. The maximum absolute atomic E-state index is 13.9. The molecule has 0 saturated carbocycles. The summed E-state index contributed by atoms with van der Waals surface area (Å²) in [5.74, 6) is -0.191. The van der Waals surface area contributed by atoms with E-state index >= 15 is 0 Å². The van der Waals surface area contributed by atoms with Gasteiger partial charge in [0, 0.05) is 16.5 Å². The average molecular weight is 289 g/mol. The molecule has 2 aromatic heterocycles. The summed E-state index contributed by atoms with van der Waals surface area (Å²) in [5, 5.41) is 3.26. The van der Waals surface area contributed by atoms with Gasteiger partial charge < -0.3 is 4.40 Å². The van der Waals surface area contributed by atoms with Crippen molar-refractivity contribution in [2.75, 3.05) is 0 Å². The number of para-hydroxylation sites is 1. The number of hydrogen-bond donors (Lipinski definition) is 0. The van der Waals surface area contributed by atoms with Crippen LogP contribution in [0.25, 0.3) is 27.2 Å². The monoisotopic (exact) mass is 289 g/mol. The molecule has 0 atom stereocenters. The second-order valence-electron chi connectivity index (χ2n) is 5.73. The summed E-state index contributed by atoms with van der Waals surface area (Å²) in [5.41, 5.74) is 4.41. The Bertz CT molecular complexity index is 1040. The number of nitrogens with zero attached hydrogens (tertiary/aromatic N) is 1. The highest BCUT2D eigenvalue weighted by molar-refractivity contribution is 6.04. The van der Waals surface area contributed by atoms with Gasteiger partial charge in [0.05, 0.1) is 11.0 Å². The predicted molar refractivity (Wildman–Crippen MR) is 91.0 cm³/mol. The standard InChI is InChI=1S/C20H16FN/c1-3-6-15-10-17(21)11-16-9-13(2)22-18-8-5-4-7-14(18)12-19(22)20(15)16/h3-5,7-12H,1,6H2,2H3. The second kappa shape index (κ2) is 4.70. The van der Waals surface area contributed by atoms with Crippen LogP contribution < -0.4 is 0 Å². The van der Waals surface area contributed by atoms with E-state index in [1.807, 2.05) is 18.2 Å². The summed E-state index contributed by atoms with van der Waals surface area (Å²) in [6.07, 6.45) is 2.49. The van der Waals surface area contributed by atoms with Crippen LogP contribution in [-0.4, -0.2) is 4.40 Å². The van der Waals surface area contributed by atoms with Gasteiger partial charge in [-0.1, -0.05) is 24.3 Å². The van der Waals surface area contributed by atoms with E-state index in [0.717, 1.165) is 27.5 Å². The summed E-state index contributed by atoms with van der Waals surface area (Å²) >= 11 is 0. The number of benzene rings is 2. The van der Waals surface area contributed by atoms with E-state index in [0.29, 0.717) is 6.42 Å². The zero-order valence-electron chi connectivity index (χ0n) is 12.4. The first-order chi connectivity index (χ1) is 10.7. The Morgan fingerprint density at radius 3 is 2.68 bits per heavy atom. The topological polar surface area (TPSA) is 4.41 Å². The summed E-state index contributed by atoms with van der Waals surface area (Å²) in [4.78, 5) is 0. The normalized spacial score (nSPS) is 11.5. The lowest BCUT2D eigenvalue weighted by molar-refractivity contribution is 0.628. The molecule has 22 heavy (non-hydrogen) atoms. The summed E-state index contributed by atoms with van der Waals surface area (Å²) in [7, 11) is 0. The highest BCUT2D eigenvalue weighted by atomic mass is 19.1. The molecule has 0 bridgehead atoms. The van der Waals surface area contributed by atoms with Crippen LogP contribution in [0.1, 0.15) is 11.3 Å². The van der Waals surface area contributed by atoms with Crippen molar-refractivity contribution in [3.05, 3.63) is 78.3 Å². The molecule has 0 aliphatic carbocycles. The SMILES string of the molecule is C=CCc1cc(F)cc2cc(C)n3c4ccccc4cc3c12. The molecule has 0 aliphatic heterocycles. The molecule has 0 amide bonds. The Morgan fingerprint density at radius 2 is 1.86 bits per heavy atom. The molecule has 0 fully saturated rings. The molecule has 2 heterocycles. The van der Waals surface area contributed by atoms with Gasteiger partial charge in [-0.25, -0.2) is 4.39 Å². The Hall–Kier alpha value is -2.61. The summed E-state index contributed by atoms with van der Waals surface area (Å²) in [6, 6.07) is 15.8. The van der Waals surface area contributed by atoms with E-state index in [-0.39, 0.29) is 5.82 Å². The van der Waals surface area contributed by atoms with Gasteiger partial charge in [-0.05, 0) is 54.6 Å². The molecule has 0 spiro atoms. The zero-order valence-corrected chi connectivity index (χ0v) is 12.4. The van der Waals surface area contributed by atoms with Crippen molar-refractivity contribution in [2.24, 2.45) is 0 Å². The van der Waals surface area contributed by atoms with Crippen LogP contribution in [0.15, 0.2) is 61.2 Å². The molecule has 4 rings (SSSR count). The molecule has 0 unspecified atom stereocenters. The molecule has 2 heteroatoms. The van der Waals surface area contributed by atoms with Crippen molar-refractivity contribution < 1.29 is 4.39 Å². The number of aryl methyl sites for hydroxylation is 1. The van der Waals surface area contributed by atoms with E-state index in [9.17, 15) is 4.39 Å². The van der Waals surface area contributed by atoms with E-state index in [2.05, 4.69) is 42.2 Å². The summed E-state index contributed by atoms with van der Waals surface area (Å²) < 4.78 is 16.2. The molecule has 0 radical (unpaired) electrons. The Balaban J connectivity index is 2.29. The van der Waals surface area contributed by atoms with Crippen LogP contribution >= 0.6 is 0 Å². The molecule has 0 saturated heterocycles. The third-order valence-electron chi connectivity index (χ3n) is 4.26. The van der Waals surface area contributed by atoms with Gasteiger partial charge in [-0.15, -0.1) is 6.58 Å². The minimum absolute atomic E-state index is 0.191. The van der Waals surface area contributed by atoms with Gasteiger partial charge in [0.2, 0.25) is 0 Å². The first-order valence-electron chi connectivity index (χ1n) is 7.42. The number of halogens is 1. The van der Waals surface area contributed by atoms with Crippen molar-refractivity contribution in [3.63, 3.8) is 0 Å². The van der Waals surface area contributed by atoms with Crippen LogP contribution in [0.3, 0.4) is 0 Å². The van der Waals surface area contributed by atoms with Crippen LogP contribution in [0, 0.1) is 12.7 Å². The fourth-order valence-electron chi connectivity index (χ4n) is 3.44. The molecule has 0 N–H and O–H groups in total. The summed E-state index contributed by atoms with van der Waals surface area (Å²) in [6.45, 7) is 5.87. The molecular formula is C20H16FN.